The summed E-state index contributed by atoms with van der Waals surface area (Å²) >= 11 is 0. The summed E-state index contributed by atoms with van der Waals surface area (Å²) in [7, 11) is 1.45. The van der Waals surface area contributed by atoms with E-state index in [1.165, 1.54) is 13.1 Å². The van der Waals surface area contributed by atoms with Crippen LogP contribution < -0.4 is 0 Å². The van der Waals surface area contributed by atoms with Gasteiger partial charge in [0, 0.05) is 7.05 Å². The number of amides is 1. The van der Waals surface area contributed by atoms with Crippen LogP contribution in [-0.4, -0.2) is 23.7 Å². The number of nitrogens with zero attached hydrogens (tertiary/aromatic N) is 2. The van der Waals surface area contributed by atoms with E-state index in [1.54, 1.807) is 0 Å². The lowest BCUT2D eigenvalue weighted by Crippen LogP contribution is -2.14. The molecule has 0 unspecified atom stereocenters. The summed E-state index contributed by atoms with van der Waals surface area (Å²) < 4.78 is 26.6. The average Bonchev–Trinajstić information content (AvgIpc) is 2.46. The second-order valence-corrected chi connectivity index (χ2v) is 3.24. The zero-order valence-electron chi connectivity index (χ0n) is 8.00. The van der Waals surface area contributed by atoms with Crippen molar-refractivity contribution in [2.45, 2.75) is 6.42 Å². The first-order valence-corrected chi connectivity index (χ1v) is 4.38. The monoisotopic (exact) mass is 210 g/mol. The van der Waals surface area contributed by atoms with Crippen LogP contribution in [0.4, 0.5) is 8.78 Å². The van der Waals surface area contributed by atoms with E-state index in [0.717, 1.165) is 17.1 Å². The van der Waals surface area contributed by atoms with Gasteiger partial charge in [-0.2, -0.15) is 5.10 Å². The molecule has 15 heavy (non-hydrogen) atoms. The van der Waals surface area contributed by atoms with Crippen molar-refractivity contribution < 1.29 is 13.6 Å². The van der Waals surface area contributed by atoms with Gasteiger partial charge in [-0.1, -0.05) is 6.07 Å². The Morgan fingerprint density at radius 2 is 1.93 bits per heavy atom. The van der Waals surface area contributed by atoms with Crippen molar-refractivity contribution in [2.24, 2.45) is 5.10 Å². The number of halogens is 2. The number of hydrogen-bond acceptors (Lipinski definition) is 2. The van der Waals surface area contributed by atoms with Crippen molar-refractivity contribution in [3.05, 3.63) is 35.4 Å². The van der Waals surface area contributed by atoms with Crippen LogP contribution in [0.3, 0.4) is 0 Å². The lowest BCUT2D eigenvalue weighted by molar-refractivity contribution is -0.127. The lowest BCUT2D eigenvalue weighted by atomic mass is 10.1. The van der Waals surface area contributed by atoms with E-state index < -0.39 is 11.6 Å². The SMILES string of the molecule is CN1N=C(c2c(F)cccc2F)CC1=O. The number of rotatable bonds is 1. The van der Waals surface area contributed by atoms with Gasteiger partial charge < -0.3 is 0 Å². The van der Waals surface area contributed by atoms with Crippen molar-refractivity contribution >= 4 is 11.6 Å². The summed E-state index contributed by atoms with van der Waals surface area (Å²) in [6.45, 7) is 0. The molecule has 1 aromatic carbocycles. The first-order valence-electron chi connectivity index (χ1n) is 4.38. The van der Waals surface area contributed by atoms with Gasteiger partial charge in [0.2, 0.25) is 5.91 Å². The van der Waals surface area contributed by atoms with Crippen molar-refractivity contribution in [2.75, 3.05) is 7.05 Å². The van der Waals surface area contributed by atoms with E-state index in [1.807, 2.05) is 0 Å². The van der Waals surface area contributed by atoms with E-state index in [2.05, 4.69) is 5.10 Å². The molecule has 0 saturated carbocycles. The molecule has 0 aliphatic carbocycles. The minimum Gasteiger partial charge on any atom is -0.273 e. The molecule has 1 aromatic rings. The summed E-state index contributed by atoms with van der Waals surface area (Å²) in [4.78, 5) is 11.1. The molecular formula is C10H8F2N2O. The van der Waals surface area contributed by atoms with Crippen LogP contribution in [0.1, 0.15) is 12.0 Å². The molecule has 78 valence electrons. The summed E-state index contributed by atoms with van der Waals surface area (Å²) in [6, 6.07) is 3.56. The van der Waals surface area contributed by atoms with Crippen LogP contribution in [0.15, 0.2) is 23.3 Å². The van der Waals surface area contributed by atoms with Gasteiger partial charge in [0.15, 0.2) is 0 Å². The van der Waals surface area contributed by atoms with Gasteiger partial charge in [-0.05, 0) is 12.1 Å². The van der Waals surface area contributed by atoms with Crippen molar-refractivity contribution in [3.63, 3.8) is 0 Å². The van der Waals surface area contributed by atoms with E-state index in [4.69, 9.17) is 0 Å². The fraction of sp³-hybridized carbons (Fsp3) is 0.200. The van der Waals surface area contributed by atoms with Gasteiger partial charge >= 0.3 is 0 Å². The van der Waals surface area contributed by atoms with Gasteiger partial charge in [-0.15, -0.1) is 0 Å². The Labute approximate surface area is 85.0 Å². The van der Waals surface area contributed by atoms with Gasteiger partial charge in [-0.25, -0.2) is 13.8 Å². The second kappa shape index (κ2) is 3.42. The van der Waals surface area contributed by atoms with Gasteiger partial charge in [-0.3, -0.25) is 4.79 Å². The number of hydrogen-bond donors (Lipinski definition) is 0. The maximum absolute atomic E-state index is 13.3. The third-order valence-corrected chi connectivity index (χ3v) is 2.20. The molecule has 0 fully saturated rings. The molecule has 3 nitrogen and oxygen atoms in total. The average molecular weight is 210 g/mol. The highest BCUT2D eigenvalue weighted by Gasteiger charge is 2.25. The molecule has 0 aromatic heterocycles. The molecule has 1 aliphatic heterocycles. The Kier molecular flexibility index (Phi) is 2.22. The molecule has 0 saturated heterocycles. The summed E-state index contributed by atoms with van der Waals surface area (Å²) in [6.07, 6.45) is -0.0612. The third-order valence-electron chi connectivity index (χ3n) is 2.20. The van der Waals surface area contributed by atoms with E-state index in [0.29, 0.717) is 0 Å². The number of hydrazone groups is 1. The van der Waals surface area contributed by atoms with Crippen molar-refractivity contribution in [1.82, 2.24) is 5.01 Å². The minimum atomic E-state index is -0.697. The highest BCUT2D eigenvalue weighted by Crippen LogP contribution is 2.19. The molecular weight excluding hydrogens is 202 g/mol. The maximum atomic E-state index is 13.3. The van der Waals surface area contributed by atoms with Crippen LogP contribution in [0, 0.1) is 11.6 Å². The molecule has 1 aliphatic rings. The fourth-order valence-electron chi connectivity index (χ4n) is 1.44. The van der Waals surface area contributed by atoms with Crippen molar-refractivity contribution in [1.29, 1.82) is 0 Å². The first kappa shape index (κ1) is 9.76. The number of carbonyl (C=O) groups excluding carboxylic acids is 1. The maximum Gasteiger partial charge on any atom is 0.248 e. The van der Waals surface area contributed by atoms with Gasteiger partial charge in [0.1, 0.15) is 11.6 Å². The summed E-state index contributed by atoms with van der Waals surface area (Å²) in [5.41, 5.74) is -0.0756. The van der Waals surface area contributed by atoms with Crippen LogP contribution in [-0.2, 0) is 4.79 Å². The first-order chi connectivity index (χ1) is 7.09. The number of carbonyl (C=O) groups is 1. The van der Waals surface area contributed by atoms with Crippen LogP contribution in [0.5, 0.6) is 0 Å². The quantitative estimate of drug-likeness (QED) is 0.691. The van der Waals surface area contributed by atoms with Crippen LogP contribution >= 0.6 is 0 Å². The Morgan fingerprint density at radius 3 is 2.40 bits per heavy atom. The highest BCUT2D eigenvalue weighted by atomic mass is 19.1. The van der Waals surface area contributed by atoms with Crippen LogP contribution in [0.2, 0.25) is 0 Å². The minimum absolute atomic E-state index is 0.0612. The van der Waals surface area contributed by atoms with Gasteiger partial charge in [0.05, 0.1) is 17.7 Å². The van der Waals surface area contributed by atoms with E-state index in [9.17, 15) is 13.6 Å². The molecule has 0 radical (unpaired) electrons. The molecule has 0 bridgehead atoms. The molecule has 0 atom stereocenters. The largest absolute Gasteiger partial charge is 0.273 e. The molecule has 5 heteroatoms. The Balaban J connectivity index is 2.48. The lowest BCUT2D eigenvalue weighted by Gasteiger charge is -2.02. The molecule has 1 amide bonds. The predicted octanol–water partition coefficient (Wildman–Crippen LogP) is 1.53. The number of benzene rings is 1. The fourth-order valence-corrected chi connectivity index (χ4v) is 1.44. The topological polar surface area (TPSA) is 32.7 Å². The van der Waals surface area contributed by atoms with Crippen molar-refractivity contribution in [3.8, 4) is 0 Å². The summed E-state index contributed by atoms with van der Waals surface area (Å²) in [5, 5.41) is 4.87. The highest BCUT2D eigenvalue weighted by molar-refractivity contribution is 6.13. The molecule has 0 spiro atoms. The Bertz CT molecular complexity index is 436. The molecule has 1 heterocycles. The zero-order valence-corrected chi connectivity index (χ0v) is 8.00. The summed E-state index contributed by atoms with van der Waals surface area (Å²) in [5.74, 6) is -1.67. The van der Waals surface area contributed by atoms with E-state index >= 15 is 0 Å². The molecule has 2 rings (SSSR count). The molecule has 0 N–H and O–H groups in total. The third kappa shape index (κ3) is 1.60. The van der Waals surface area contributed by atoms with Gasteiger partial charge in [0.25, 0.3) is 0 Å². The zero-order chi connectivity index (χ0) is 11.0. The van der Waals surface area contributed by atoms with Crippen LogP contribution in [0.25, 0.3) is 0 Å². The Hall–Kier alpha value is -1.78. The van der Waals surface area contributed by atoms with E-state index in [-0.39, 0.29) is 23.6 Å². The predicted molar refractivity (Wildman–Crippen MR) is 50.3 cm³/mol. The standard InChI is InChI=1S/C10H8F2N2O/c1-14-9(15)5-8(13-14)10-6(11)3-2-4-7(10)12/h2-4H,5H2,1H3. The smallest absolute Gasteiger partial charge is 0.248 e. The second-order valence-electron chi connectivity index (χ2n) is 3.24. The Morgan fingerprint density at radius 1 is 1.33 bits per heavy atom. The normalized spacial score (nSPS) is 15.8.